The summed E-state index contributed by atoms with van der Waals surface area (Å²) in [5, 5.41) is 2.09. The average Bonchev–Trinajstić information content (AvgIpc) is 2.47. The largest absolute Gasteiger partial charge is 0.316 e. The van der Waals surface area contributed by atoms with Crippen LogP contribution in [0.5, 0.6) is 0 Å². The predicted octanol–water partition coefficient (Wildman–Crippen LogP) is 2.29. The van der Waals surface area contributed by atoms with Crippen LogP contribution >= 0.6 is 23.1 Å². The van der Waals surface area contributed by atoms with E-state index in [0.29, 0.717) is 0 Å². The van der Waals surface area contributed by atoms with Crippen molar-refractivity contribution >= 4 is 23.1 Å². The van der Waals surface area contributed by atoms with Gasteiger partial charge in [0.2, 0.25) is 0 Å². The van der Waals surface area contributed by atoms with Crippen LogP contribution in [0.4, 0.5) is 0 Å². The molecule has 0 unspecified atom stereocenters. The molecule has 0 amide bonds. The number of thiophene rings is 1. The molecule has 0 bridgehead atoms. The third-order valence-electron chi connectivity index (χ3n) is 1.54. The van der Waals surface area contributed by atoms with E-state index in [4.69, 9.17) is 5.73 Å². The van der Waals surface area contributed by atoms with Gasteiger partial charge in [-0.3, -0.25) is 0 Å². The summed E-state index contributed by atoms with van der Waals surface area (Å²) in [5.74, 6) is 0. The number of thioether (sulfide) groups is 1. The molecule has 54 valence electrons. The van der Waals surface area contributed by atoms with Crippen molar-refractivity contribution in [3.05, 3.63) is 17.5 Å². The van der Waals surface area contributed by atoms with E-state index in [1.165, 1.54) is 17.1 Å². The van der Waals surface area contributed by atoms with Crippen LogP contribution in [0.2, 0.25) is 0 Å². The summed E-state index contributed by atoms with van der Waals surface area (Å²) >= 11 is 3.59. The van der Waals surface area contributed by atoms with E-state index in [2.05, 4.69) is 17.5 Å². The molecule has 0 atom stereocenters. The van der Waals surface area contributed by atoms with Crippen molar-refractivity contribution in [2.75, 3.05) is 0 Å². The highest BCUT2D eigenvalue weighted by atomic mass is 32.2. The van der Waals surface area contributed by atoms with Crippen LogP contribution in [0.25, 0.3) is 0 Å². The van der Waals surface area contributed by atoms with Gasteiger partial charge in [-0.2, -0.15) is 0 Å². The monoisotopic (exact) mass is 171 g/mol. The molecule has 2 rings (SSSR count). The maximum atomic E-state index is 5.91. The quantitative estimate of drug-likeness (QED) is 0.691. The molecule has 2 N–H and O–H groups in total. The first-order chi connectivity index (χ1) is 4.79. The molecule has 1 nitrogen and oxygen atoms in total. The van der Waals surface area contributed by atoms with Gasteiger partial charge >= 0.3 is 0 Å². The van der Waals surface area contributed by atoms with Crippen molar-refractivity contribution in [3.63, 3.8) is 0 Å². The Hall–Kier alpha value is 0.01000. The fraction of sp³-hybridized carbons (Fsp3) is 0.429. The normalized spacial score (nSPS) is 20.9. The van der Waals surface area contributed by atoms with Crippen LogP contribution in [0.1, 0.15) is 12.8 Å². The third-order valence-corrected chi connectivity index (χ3v) is 3.89. The Bertz CT molecular complexity index is 214. The zero-order valence-corrected chi connectivity index (χ0v) is 7.17. The standard InChI is InChI=1S/C7H9NS2/c8-7(3-4-7)10-6-2-1-5-9-6/h1-2,5H,3-4,8H2. The van der Waals surface area contributed by atoms with Gasteiger partial charge in [-0.1, -0.05) is 17.8 Å². The molecule has 0 radical (unpaired) electrons. The van der Waals surface area contributed by atoms with Gasteiger partial charge in [0, 0.05) is 0 Å². The molecule has 1 heterocycles. The maximum Gasteiger partial charge on any atom is 0.0676 e. The second-order valence-electron chi connectivity index (χ2n) is 2.60. The topological polar surface area (TPSA) is 26.0 Å². The number of hydrogen-bond donors (Lipinski definition) is 1. The van der Waals surface area contributed by atoms with Crippen LogP contribution < -0.4 is 5.73 Å². The van der Waals surface area contributed by atoms with Gasteiger partial charge < -0.3 is 5.73 Å². The van der Waals surface area contributed by atoms with Gasteiger partial charge in [-0.15, -0.1) is 11.3 Å². The molecule has 10 heavy (non-hydrogen) atoms. The smallest absolute Gasteiger partial charge is 0.0676 e. The summed E-state index contributed by atoms with van der Waals surface area (Å²) in [7, 11) is 0. The lowest BCUT2D eigenvalue weighted by molar-refractivity contribution is 0.984. The average molecular weight is 171 g/mol. The SMILES string of the molecule is NC1(Sc2cccs2)CC1. The molecule has 3 heteroatoms. The van der Waals surface area contributed by atoms with E-state index in [1.807, 2.05) is 11.8 Å². The van der Waals surface area contributed by atoms with Crippen LogP contribution in [-0.4, -0.2) is 4.87 Å². The lowest BCUT2D eigenvalue weighted by Gasteiger charge is -2.03. The number of rotatable bonds is 2. The minimum absolute atomic E-state index is 0.102. The van der Waals surface area contributed by atoms with E-state index in [1.54, 1.807) is 11.3 Å². The summed E-state index contributed by atoms with van der Waals surface area (Å²) in [6.07, 6.45) is 2.35. The van der Waals surface area contributed by atoms with Crippen molar-refractivity contribution in [3.8, 4) is 0 Å². The van der Waals surface area contributed by atoms with Crippen molar-refractivity contribution in [2.45, 2.75) is 21.9 Å². The highest BCUT2D eigenvalue weighted by Crippen LogP contribution is 2.48. The first-order valence-corrected chi connectivity index (χ1v) is 5.00. The van der Waals surface area contributed by atoms with Crippen LogP contribution in [0, 0.1) is 0 Å². The summed E-state index contributed by atoms with van der Waals surface area (Å²) in [5.41, 5.74) is 5.91. The van der Waals surface area contributed by atoms with Crippen molar-refractivity contribution in [1.29, 1.82) is 0 Å². The lowest BCUT2D eigenvalue weighted by Crippen LogP contribution is -2.15. The van der Waals surface area contributed by atoms with E-state index >= 15 is 0 Å². The van der Waals surface area contributed by atoms with Crippen LogP contribution in [0.15, 0.2) is 21.7 Å². The van der Waals surface area contributed by atoms with E-state index in [-0.39, 0.29) is 4.87 Å². The van der Waals surface area contributed by atoms with Gasteiger partial charge in [0.1, 0.15) is 0 Å². The zero-order valence-electron chi connectivity index (χ0n) is 5.54. The molecule has 0 aromatic carbocycles. The predicted molar refractivity (Wildman–Crippen MR) is 46.3 cm³/mol. The summed E-state index contributed by atoms with van der Waals surface area (Å²) in [6, 6.07) is 4.20. The Morgan fingerprint density at radius 2 is 2.40 bits per heavy atom. The van der Waals surface area contributed by atoms with Gasteiger partial charge in [0.15, 0.2) is 0 Å². The highest BCUT2D eigenvalue weighted by molar-refractivity contribution is 8.02. The number of hydrogen-bond acceptors (Lipinski definition) is 3. The first kappa shape index (κ1) is 6.70. The summed E-state index contributed by atoms with van der Waals surface area (Å²) in [6.45, 7) is 0. The molecular formula is C7H9NS2. The van der Waals surface area contributed by atoms with Gasteiger partial charge in [-0.25, -0.2) is 0 Å². The zero-order chi connectivity index (χ0) is 7.03. The lowest BCUT2D eigenvalue weighted by atomic mass is 10.7. The second kappa shape index (κ2) is 2.26. The van der Waals surface area contributed by atoms with Crippen LogP contribution in [-0.2, 0) is 0 Å². The molecule has 1 saturated carbocycles. The maximum absolute atomic E-state index is 5.91. The van der Waals surface area contributed by atoms with E-state index in [0.717, 1.165) is 0 Å². The Balaban J connectivity index is 2.04. The molecule has 1 aromatic heterocycles. The third kappa shape index (κ3) is 1.36. The summed E-state index contributed by atoms with van der Waals surface area (Å²) in [4.78, 5) is 0.102. The number of nitrogens with two attached hydrogens (primary N) is 1. The molecule has 1 fully saturated rings. The van der Waals surface area contributed by atoms with Crippen molar-refractivity contribution < 1.29 is 0 Å². The van der Waals surface area contributed by atoms with Crippen molar-refractivity contribution in [2.24, 2.45) is 5.73 Å². The van der Waals surface area contributed by atoms with E-state index in [9.17, 15) is 0 Å². The molecular weight excluding hydrogens is 162 g/mol. The second-order valence-corrected chi connectivity index (χ2v) is 5.26. The summed E-state index contributed by atoms with van der Waals surface area (Å²) < 4.78 is 1.35. The van der Waals surface area contributed by atoms with Gasteiger partial charge in [0.25, 0.3) is 0 Å². The minimum Gasteiger partial charge on any atom is -0.316 e. The van der Waals surface area contributed by atoms with Gasteiger partial charge in [-0.05, 0) is 24.3 Å². The van der Waals surface area contributed by atoms with Gasteiger partial charge in [0.05, 0.1) is 9.08 Å². The Morgan fingerprint density at radius 3 is 2.90 bits per heavy atom. The molecule has 1 aliphatic rings. The molecule has 1 aromatic rings. The molecule has 0 saturated heterocycles. The highest BCUT2D eigenvalue weighted by Gasteiger charge is 2.39. The Kier molecular flexibility index (Phi) is 1.51. The fourth-order valence-corrected chi connectivity index (χ4v) is 2.91. The van der Waals surface area contributed by atoms with E-state index < -0.39 is 0 Å². The Morgan fingerprint density at radius 1 is 1.60 bits per heavy atom. The Labute approximate surface area is 68.6 Å². The van der Waals surface area contributed by atoms with Crippen molar-refractivity contribution in [1.82, 2.24) is 0 Å². The first-order valence-electron chi connectivity index (χ1n) is 3.30. The molecule has 0 spiro atoms. The fourth-order valence-electron chi connectivity index (χ4n) is 0.747. The minimum atomic E-state index is 0.102. The molecule has 0 aliphatic heterocycles. The molecule has 1 aliphatic carbocycles. The van der Waals surface area contributed by atoms with Crippen LogP contribution in [0.3, 0.4) is 0 Å².